The fourth-order valence-corrected chi connectivity index (χ4v) is 3.02. The molecule has 0 saturated carbocycles. The maximum atomic E-state index is 13.3. The average molecular weight is 363 g/mol. The molecular formula is C19H26FN3O3. The zero-order valence-corrected chi connectivity index (χ0v) is 15.5. The molecule has 0 spiro atoms. The van der Waals surface area contributed by atoms with E-state index in [1.807, 2.05) is 20.8 Å². The van der Waals surface area contributed by atoms with Crippen molar-refractivity contribution in [3.63, 3.8) is 0 Å². The van der Waals surface area contributed by atoms with E-state index in [2.05, 4.69) is 10.6 Å². The van der Waals surface area contributed by atoms with Crippen molar-refractivity contribution in [1.29, 1.82) is 0 Å². The van der Waals surface area contributed by atoms with Crippen LogP contribution in [-0.2, 0) is 15.1 Å². The summed E-state index contributed by atoms with van der Waals surface area (Å²) >= 11 is 0. The van der Waals surface area contributed by atoms with Gasteiger partial charge in [0.25, 0.3) is 5.91 Å². The van der Waals surface area contributed by atoms with E-state index in [1.54, 1.807) is 0 Å². The summed E-state index contributed by atoms with van der Waals surface area (Å²) in [6.45, 7) is 5.44. The first-order chi connectivity index (χ1) is 12.3. The summed E-state index contributed by atoms with van der Waals surface area (Å²) in [4.78, 5) is 38.6. The van der Waals surface area contributed by atoms with Crippen LogP contribution in [0.3, 0.4) is 0 Å². The summed E-state index contributed by atoms with van der Waals surface area (Å²) in [6.07, 6.45) is 2.68. The number of nitrogens with one attached hydrogen (secondary N) is 2. The van der Waals surface area contributed by atoms with Crippen molar-refractivity contribution in [2.45, 2.75) is 58.0 Å². The van der Waals surface area contributed by atoms with E-state index in [4.69, 9.17) is 0 Å². The summed E-state index contributed by atoms with van der Waals surface area (Å²) in [5.41, 5.74) is -0.729. The summed E-state index contributed by atoms with van der Waals surface area (Å²) in [6, 6.07) is 4.90. The van der Waals surface area contributed by atoms with Crippen LogP contribution >= 0.6 is 0 Å². The predicted molar refractivity (Wildman–Crippen MR) is 95.7 cm³/mol. The topological polar surface area (TPSA) is 78.5 Å². The number of rotatable bonds is 8. The SMILES string of the molecule is CCCC[C@@]1(c2ccc(F)cc2)NC(=O)N(CC(=O)N[C@H](C)CC)C1=O. The van der Waals surface area contributed by atoms with Crippen molar-refractivity contribution < 1.29 is 18.8 Å². The number of imide groups is 1. The zero-order valence-electron chi connectivity index (χ0n) is 15.5. The first kappa shape index (κ1) is 19.9. The third-order valence-electron chi connectivity index (χ3n) is 4.74. The number of urea groups is 1. The molecule has 0 radical (unpaired) electrons. The largest absolute Gasteiger partial charge is 0.352 e. The van der Waals surface area contributed by atoms with Crippen LogP contribution in [0.15, 0.2) is 24.3 Å². The number of halogens is 1. The molecular weight excluding hydrogens is 337 g/mol. The third-order valence-corrected chi connectivity index (χ3v) is 4.74. The molecule has 2 rings (SSSR count). The molecule has 0 aliphatic carbocycles. The van der Waals surface area contributed by atoms with Crippen LogP contribution in [0.4, 0.5) is 9.18 Å². The van der Waals surface area contributed by atoms with E-state index in [1.165, 1.54) is 24.3 Å². The van der Waals surface area contributed by atoms with Crippen molar-refractivity contribution >= 4 is 17.8 Å². The highest BCUT2D eigenvalue weighted by atomic mass is 19.1. The molecule has 0 unspecified atom stereocenters. The summed E-state index contributed by atoms with van der Waals surface area (Å²) < 4.78 is 13.3. The summed E-state index contributed by atoms with van der Waals surface area (Å²) in [5, 5.41) is 5.50. The molecule has 1 fully saturated rings. The van der Waals surface area contributed by atoms with Gasteiger partial charge >= 0.3 is 6.03 Å². The van der Waals surface area contributed by atoms with Crippen molar-refractivity contribution in [2.24, 2.45) is 0 Å². The number of benzene rings is 1. The average Bonchev–Trinajstić information content (AvgIpc) is 2.85. The maximum absolute atomic E-state index is 13.3. The number of carbonyl (C=O) groups is 3. The molecule has 142 valence electrons. The minimum atomic E-state index is -1.25. The molecule has 1 saturated heterocycles. The fraction of sp³-hybridized carbons (Fsp3) is 0.526. The van der Waals surface area contributed by atoms with E-state index in [0.29, 0.717) is 18.4 Å². The van der Waals surface area contributed by atoms with Gasteiger partial charge in [-0.1, -0.05) is 38.8 Å². The van der Waals surface area contributed by atoms with Gasteiger partial charge in [-0.25, -0.2) is 9.18 Å². The normalized spacial score (nSPS) is 20.8. The standard InChI is InChI=1S/C19H26FN3O3/c1-4-6-11-19(14-7-9-15(20)10-8-14)17(25)23(18(26)22-19)12-16(24)21-13(3)5-2/h7-10,13H,4-6,11-12H2,1-3H3,(H,21,24)(H,22,26)/t13-,19+/m1/s1. The van der Waals surface area contributed by atoms with Gasteiger partial charge in [0, 0.05) is 6.04 Å². The maximum Gasteiger partial charge on any atom is 0.325 e. The summed E-state index contributed by atoms with van der Waals surface area (Å²) in [7, 11) is 0. The second-order valence-electron chi connectivity index (χ2n) is 6.71. The fourth-order valence-electron chi connectivity index (χ4n) is 3.02. The Morgan fingerprint density at radius 1 is 1.27 bits per heavy atom. The Morgan fingerprint density at radius 2 is 1.92 bits per heavy atom. The van der Waals surface area contributed by atoms with Gasteiger partial charge in [0.05, 0.1) is 0 Å². The summed E-state index contributed by atoms with van der Waals surface area (Å²) in [5.74, 6) is -1.27. The molecule has 0 aromatic heterocycles. The molecule has 6 nitrogen and oxygen atoms in total. The number of hydrogen-bond donors (Lipinski definition) is 2. The predicted octanol–water partition coefficient (Wildman–Crippen LogP) is 2.68. The smallest absolute Gasteiger partial charge is 0.325 e. The van der Waals surface area contributed by atoms with Gasteiger partial charge in [-0.05, 0) is 37.5 Å². The lowest BCUT2D eigenvalue weighted by Crippen LogP contribution is -2.46. The first-order valence-corrected chi connectivity index (χ1v) is 9.03. The molecule has 1 aliphatic heterocycles. The zero-order chi connectivity index (χ0) is 19.3. The van der Waals surface area contributed by atoms with E-state index in [9.17, 15) is 18.8 Å². The second kappa shape index (κ2) is 8.29. The molecule has 2 atom stereocenters. The van der Waals surface area contributed by atoms with E-state index in [0.717, 1.165) is 17.7 Å². The molecule has 26 heavy (non-hydrogen) atoms. The number of amides is 4. The van der Waals surface area contributed by atoms with Crippen molar-refractivity contribution in [1.82, 2.24) is 15.5 Å². The van der Waals surface area contributed by atoms with Crippen molar-refractivity contribution in [3.8, 4) is 0 Å². The minimum absolute atomic E-state index is 0.0368. The Kier molecular flexibility index (Phi) is 6.34. The van der Waals surface area contributed by atoms with Crippen LogP contribution in [0.2, 0.25) is 0 Å². The number of carbonyl (C=O) groups excluding carboxylic acids is 3. The van der Waals surface area contributed by atoms with Gasteiger partial charge in [-0.3, -0.25) is 14.5 Å². The van der Waals surface area contributed by atoms with Crippen LogP contribution in [0.25, 0.3) is 0 Å². The Labute approximate surface area is 153 Å². The number of nitrogens with zero attached hydrogens (tertiary/aromatic N) is 1. The highest BCUT2D eigenvalue weighted by molar-refractivity contribution is 6.09. The lowest BCUT2D eigenvalue weighted by atomic mass is 9.85. The second-order valence-corrected chi connectivity index (χ2v) is 6.71. The van der Waals surface area contributed by atoms with Crippen molar-refractivity contribution in [3.05, 3.63) is 35.6 Å². The highest BCUT2D eigenvalue weighted by Gasteiger charge is 2.52. The molecule has 4 amide bonds. The Bertz CT molecular complexity index is 677. The molecule has 7 heteroatoms. The quantitative estimate of drug-likeness (QED) is 0.697. The molecule has 0 bridgehead atoms. The van der Waals surface area contributed by atoms with Crippen LogP contribution in [-0.4, -0.2) is 35.3 Å². The molecule has 1 aromatic rings. The van der Waals surface area contributed by atoms with Gasteiger partial charge in [0.2, 0.25) is 5.91 Å². The van der Waals surface area contributed by atoms with Gasteiger partial charge in [0.1, 0.15) is 17.9 Å². The number of unbranched alkanes of at least 4 members (excludes halogenated alkanes) is 1. The monoisotopic (exact) mass is 363 g/mol. The first-order valence-electron chi connectivity index (χ1n) is 9.03. The van der Waals surface area contributed by atoms with Gasteiger partial charge in [0.15, 0.2) is 0 Å². The van der Waals surface area contributed by atoms with E-state index >= 15 is 0 Å². The molecule has 1 heterocycles. The van der Waals surface area contributed by atoms with E-state index in [-0.39, 0.29) is 18.5 Å². The van der Waals surface area contributed by atoms with Crippen LogP contribution < -0.4 is 10.6 Å². The highest BCUT2D eigenvalue weighted by Crippen LogP contribution is 2.34. The molecule has 1 aromatic carbocycles. The van der Waals surface area contributed by atoms with Gasteiger partial charge in [-0.15, -0.1) is 0 Å². The third kappa shape index (κ3) is 4.03. The van der Waals surface area contributed by atoms with Crippen LogP contribution in [0.5, 0.6) is 0 Å². The Balaban J connectivity index is 2.27. The number of hydrogen-bond acceptors (Lipinski definition) is 3. The van der Waals surface area contributed by atoms with E-state index < -0.39 is 23.3 Å². The lowest BCUT2D eigenvalue weighted by molar-refractivity contribution is -0.135. The van der Waals surface area contributed by atoms with Gasteiger partial charge < -0.3 is 10.6 Å². The minimum Gasteiger partial charge on any atom is -0.352 e. The lowest BCUT2D eigenvalue weighted by Gasteiger charge is -2.27. The van der Waals surface area contributed by atoms with Crippen molar-refractivity contribution in [2.75, 3.05) is 6.54 Å². The molecule has 2 N–H and O–H groups in total. The van der Waals surface area contributed by atoms with Gasteiger partial charge in [-0.2, -0.15) is 0 Å². The van der Waals surface area contributed by atoms with Crippen LogP contribution in [0.1, 0.15) is 52.0 Å². The molecule has 1 aliphatic rings. The Morgan fingerprint density at radius 3 is 2.50 bits per heavy atom. The Hall–Kier alpha value is -2.44. The van der Waals surface area contributed by atoms with Crippen LogP contribution in [0, 0.1) is 5.82 Å².